The average Bonchev–Trinajstić information content (AvgIpc) is 2.03. The molecule has 3 saturated carbocycles. The molecule has 0 nitrogen and oxygen atoms in total. The maximum Gasteiger partial charge on any atom is -0.0223 e. The zero-order chi connectivity index (χ0) is 9.64. The number of rotatable bonds is 1. The second kappa shape index (κ2) is 3.00. The van der Waals surface area contributed by atoms with Crippen molar-refractivity contribution in [2.45, 2.75) is 53.4 Å². The van der Waals surface area contributed by atoms with E-state index in [1.807, 2.05) is 0 Å². The van der Waals surface area contributed by atoms with Crippen LogP contribution in [0.5, 0.6) is 0 Å². The van der Waals surface area contributed by atoms with E-state index in [0.29, 0.717) is 5.41 Å². The second-order valence-electron chi connectivity index (χ2n) is 5.95. The third-order valence-electron chi connectivity index (χ3n) is 5.27. The first-order valence-corrected chi connectivity index (χ1v) is 6.07. The molecular formula is C13H24. The Balaban J connectivity index is 2.29. The van der Waals surface area contributed by atoms with Gasteiger partial charge in [0.1, 0.15) is 0 Å². The van der Waals surface area contributed by atoms with Crippen LogP contribution in [0.25, 0.3) is 0 Å². The molecule has 2 bridgehead atoms. The van der Waals surface area contributed by atoms with Crippen molar-refractivity contribution in [1.29, 1.82) is 0 Å². The lowest BCUT2D eigenvalue weighted by atomic mass is 9.47. The van der Waals surface area contributed by atoms with Crippen molar-refractivity contribution in [3.63, 3.8) is 0 Å². The molecule has 0 radical (unpaired) electrons. The maximum atomic E-state index is 2.50. The first kappa shape index (κ1) is 9.55. The number of fused-ring (bicyclic) bond motifs is 3. The van der Waals surface area contributed by atoms with Crippen molar-refractivity contribution < 1.29 is 0 Å². The highest BCUT2D eigenvalue weighted by molar-refractivity contribution is 5.00. The van der Waals surface area contributed by atoms with Gasteiger partial charge < -0.3 is 0 Å². The highest BCUT2D eigenvalue weighted by atomic mass is 14.6. The molecule has 0 aromatic heterocycles. The molecule has 0 aromatic carbocycles. The van der Waals surface area contributed by atoms with Crippen molar-refractivity contribution in [3.05, 3.63) is 0 Å². The average molecular weight is 180 g/mol. The van der Waals surface area contributed by atoms with Gasteiger partial charge in [-0.05, 0) is 54.8 Å². The molecule has 76 valence electrons. The second-order valence-corrected chi connectivity index (χ2v) is 5.95. The Labute approximate surface area is 83.1 Å². The molecule has 0 N–H and O–H groups in total. The first-order valence-electron chi connectivity index (χ1n) is 6.07. The maximum absolute atomic E-state index is 2.50. The topological polar surface area (TPSA) is 0 Å². The Morgan fingerprint density at radius 2 is 1.62 bits per heavy atom. The smallest absolute Gasteiger partial charge is 0.0223 e. The highest BCUT2D eigenvalue weighted by Crippen LogP contribution is 2.60. The quantitative estimate of drug-likeness (QED) is 0.570. The zero-order valence-electron chi connectivity index (χ0n) is 9.64. The fraction of sp³-hybridized carbons (Fsp3) is 1.00. The van der Waals surface area contributed by atoms with Crippen molar-refractivity contribution in [3.8, 4) is 0 Å². The SMILES string of the molecule is CC(C)C12CCC(CC1C)CC2C. The summed E-state index contributed by atoms with van der Waals surface area (Å²) in [6.45, 7) is 9.89. The Kier molecular flexibility index (Phi) is 2.20. The van der Waals surface area contributed by atoms with E-state index in [1.54, 1.807) is 0 Å². The summed E-state index contributed by atoms with van der Waals surface area (Å²) in [5.74, 6) is 3.93. The van der Waals surface area contributed by atoms with E-state index in [4.69, 9.17) is 0 Å². The summed E-state index contributed by atoms with van der Waals surface area (Å²) >= 11 is 0. The van der Waals surface area contributed by atoms with Gasteiger partial charge in [-0.2, -0.15) is 0 Å². The molecule has 0 spiro atoms. The van der Waals surface area contributed by atoms with Gasteiger partial charge in [-0.25, -0.2) is 0 Å². The van der Waals surface area contributed by atoms with Gasteiger partial charge >= 0.3 is 0 Å². The van der Waals surface area contributed by atoms with Crippen LogP contribution in [0, 0.1) is 29.1 Å². The summed E-state index contributed by atoms with van der Waals surface area (Å²) in [5, 5.41) is 0. The summed E-state index contributed by atoms with van der Waals surface area (Å²) in [4.78, 5) is 0. The van der Waals surface area contributed by atoms with Crippen LogP contribution in [-0.4, -0.2) is 0 Å². The van der Waals surface area contributed by atoms with Gasteiger partial charge in [0.25, 0.3) is 0 Å². The Bertz CT molecular complexity index is 180. The van der Waals surface area contributed by atoms with Crippen molar-refractivity contribution >= 4 is 0 Å². The van der Waals surface area contributed by atoms with E-state index in [1.165, 1.54) is 25.7 Å². The van der Waals surface area contributed by atoms with E-state index >= 15 is 0 Å². The largest absolute Gasteiger partial charge is 0.0622 e. The highest BCUT2D eigenvalue weighted by Gasteiger charge is 2.51. The van der Waals surface area contributed by atoms with Crippen LogP contribution in [0.2, 0.25) is 0 Å². The van der Waals surface area contributed by atoms with Crippen molar-refractivity contribution in [1.82, 2.24) is 0 Å². The molecule has 3 aliphatic carbocycles. The van der Waals surface area contributed by atoms with Crippen LogP contribution in [0.1, 0.15) is 53.4 Å². The van der Waals surface area contributed by atoms with Crippen LogP contribution in [-0.2, 0) is 0 Å². The molecule has 0 aliphatic heterocycles. The predicted molar refractivity (Wildman–Crippen MR) is 57.6 cm³/mol. The van der Waals surface area contributed by atoms with Crippen molar-refractivity contribution in [2.24, 2.45) is 29.1 Å². The molecule has 13 heavy (non-hydrogen) atoms. The molecule has 0 heterocycles. The lowest BCUT2D eigenvalue weighted by Gasteiger charge is -2.58. The minimum absolute atomic E-state index is 0.703. The summed E-state index contributed by atoms with van der Waals surface area (Å²) in [5.41, 5.74) is 0.703. The molecule has 3 rings (SSSR count). The van der Waals surface area contributed by atoms with Crippen molar-refractivity contribution in [2.75, 3.05) is 0 Å². The predicted octanol–water partition coefficient (Wildman–Crippen LogP) is 4.10. The van der Waals surface area contributed by atoms with Gasteiger partial charge in [-0.3, -0.25) is 0 Å². The summed E-state index contributed by atoms with van der Waals surface area (Å²) in [6, 6.07) is 0. The molecule has 0 heteroatoms. The van der Waals surface area contributed by atoms with Gasteiger partial charge in [0, 0.05) is 0 Å². The zero-order valence-corrected chi connectivity index (χ0v) is 9.64. The Morgan fingerprint density at radius 3 is 1.92 bits per heavy atom. The standard InChI is InChI=1S/C13H24/c1-9(2)13-6-5-12(7-10(13)3)8-11(13)4/h9-12H,5-8H2,1-4H3. The minimum atomic E-state index is 0.703. The van der Waals surface area contributed by atoms with Crippen LogP contribution in [0.15, 0.2) is 0 Å². The Hall–Kier alpha value is 0. The van der Waals surface area contributed by atoms with E-state index in [0.717, 1.165) is 23.7 Å². The first-order chi connectivity index (χ1) is 6.07. The third kappa shape index (κ3) is 1.17. The fourth-order valence-electron chi connectivity index (χ4n) is 4.63. The normalized spacial score (nSPS) is 50.1. The van der Waals surface area contributed by atoms with E-state index < -0.39 is 0 Å². The summed E-state index contributed by atoms with van der Waals surface area (Å²) in [7, 11) is 0. The van der Waals surface area contributed by atoms with Gasteiger partial charge in [0.05, 0.1) is 0 Å². The van der Waals surface area contributed by atoms with E-state index in [9.17, 15) is 0 Å². The fourth-order valence-corrected chi connectivity index (χ4v) is 4.63. The van der Waals surface area contributed by atoms with Gasteiger partial charge in [-0.1, -0.05) is 27.7 Å². The van der Waals surface area contributed by atoms with Crippen LogP contribution in [0.4, 0.5) is 0 Å². The molecular weight excluding hydrogens is 156 g/mol. The monoisotopic (exact) mass is 180 g/mol. The lowest BCUT2D eigenvalue weighted by Crippen LogP contribution is -2.49. The molecule has 0 aromatic rings. The van der Waals surface area contributed by atoms with Crippen LogP contribution in [0.3, 0.4) is 0 Å². The number of hydrogen-bond acceptors (Lipinski definition) is 0. The summed E-state index contributed by atoms with van der Waals surface area (Å²) < 4.78 is 0. The van der Waals surface area contributed by atoms with Crippen LogP contribution >= 0.6 is 0 Å². The van der Waals surface area contributed by atoms with E-state index in [-0.39, 0.29) is 0 Å². The van der Waals surface area contributed by atoms with Gasteiger partial charge in [-0.15, -0.1) is 0 Å². The van der Waals surface area contributed by atoms with Crippen LogP contribution < -0.4 is 0 Å². The molecule has 0 amide bonds. The van der Waals surface area contributed by atoms with Gasteiger partial charge in [0.15, 0.2) is 0 Å². The molecule has 2 unspecified atom stereocenters. The van der Waals surface area contributed by atoms with Gasteiger partial charge in [0.2, 0.25) is 0 Å². The molecule has 0 saturated heterocycles. The molecule has 3 aliphatic rings. The molecule has 3 fully saturated rings. The lowest BCUT2D eigenvalue weighted by molar-refractivity contribution is -0.0825. The minimum Gasteiger partial charge on any atom is -0.0622 e. The number of hydrogen-bond donors (Lipinski definition) is 0. The Morgan fingerprint density at radius 1 is 1.08 bits per heavy atom. The summed E-state index contributed by atoms with van der Waals surface area (Å²) in [6.07, 6.45) is 6.07. The van der Waals surface area contributed by atoms with E-state index in [2.05, 4.69) is 27.7 Å². The third-order valence-corrected chi connectivity index (χ3v) is 5.27. The molecule has 2 atom stereocenters.